The van der Waals surface area contributed by atoms with E-state index in [1.54, 1.807) is 0 Å². The third-order valence-electron chi connectivity index (χ3n) is 3.15. The van der Waals surface area contributed by atoms with E-state index in [9.17, 15) is 14.4 Å². The van der Waals surface area contributed by atoms with Gasteiger partial charge >= 0.3 is 17.9 Å². The molecule has 1 atom stereocenters. The maximum Gasteiger partial charge on any atom is 0.336 e. The Balaban J connectivity index is 0. The van der Waals surface area contributed by atoms with Crippen molar-refractivity contribution in [3.05, 3.63) is 35.4 Å². The number of carboxylic acids is 3. The molecule has 0 bridgehead atoms. The summed E-state index contributed by atoms with van der Waals surface area (Å²) in [6.45, 7) is 3.54. The van der Waals surface area contributed by atoms with E-state index in [4.69, 9.17) is 25.5 Å². The maximum absolute atomic E-state index is 10.5. The molecule has 1 rings (SSSR count). The highest BCUT2D eigenvalue weighted by Gasteiger charge is 2.13. The second kappa shape index (κ2) is 17.0. The van der Waals surface area contributed by atoms with Crippen LogP contribution in [0.3, 0.4) is 0 Å². The van der Waals surface area contributed by atoms with Gasteiger partial charge in [-0.1, -0.05) is 44.7 Å². The summed E-state index contributed by atoms with van der Waals surface area (Å²) in [6, 6.07) is 5.48. The Morgan fingerprint density at radius 3 is 1.59 bits per heavy atom. The normalized spacial score (nSPS) is 10.5. The number of aromatic carboxylic acids is 2. The standard InChI is InChI=1S/C8H6O4.C8H16O2.C3H8O2/c9-7(10)5-3-1-2-4-6(5)8(11)12;1-2-3-4-5-6-7-8(9)10;1-3(5)2-4/h1-4H,(H,9,10)(H,11,12);2-7H2,1H3,(H,9,10);3-5H,2H2,1H3. The lowest BCUT2D eigenvalue weighted by atomic mass is 10.1. The molecule has 1 aromatic carbocycles. The highest BCUT2D eigenvalue weighted by atomic mass is 16.4. The van der Waals surface area contributed by atoms with Crippen molar-refractivity contribution >= 4 is 17.9 Å². The molecule has 8 nitrogen and oxygen atoms in total. The van der Waals surface area contributed by atoms with Crippen LogP contribution >= 0.6 is 0 Å². The Morgan fingerprint density at radius 2 is 1.30 bits per heavy atom. The Hall–Kier alpha value is -2.45. The number of aliphatic carboxylic acids is 1. The first kappa shape index (κ1) is 26.8. The van der Waals surface area contributed by atoms with Crippen molar-refractivity contribution < 1.29 is 39.9 Å². The molecule has 0 saturated carbocycles. The smallest absolute Gasteiger partial charge is 0.336 e. The average Bonchev–Trinajstić information content (AvgIpc) is 2.62. The van der Waals surface area contributed by atoms with Gasteiger partial charge in [0.05, 0.1) is 23.8 Å². The van der Waals surface area contributed by atoms with Crippen LogP contribution in [-0.4, -0.2) is 56.2 Å². The van der Waals surface area contributed by atoms with Gasteiger partial charge in [-0.3, -0.25) is 4.79 Å². The predicted molar refractivity (Wildman–Crippen MR) is 100 cm³/mol. The number of carbonyl (C=O) groups is 3. The van der Waals surface area contributed by atoms with Crippen LogP contribution in [0.15, 0.2) is 24.3 Å². The number of rotatable bonds is 9. The minimum Gasteiger partial charge on any atom is -0.481 e. The molecule has 0 saturated heterocycles. The van der Waals surface area contributed by atoms with Crippen molar-refractivity contribution in [3.63, 3.8) is 0 Å². The number of hydrogen-bond donors (Lipinski definition) is 5. The zero-order valence-electron chi connectivity index (χ0n) is 15.8. The molecule has 0 aliphatic carbocycles. The predicted octanol–water partition coefficient (Wildman–Crippen LogP) is 2.87. The summed E-state index contributed by atoms with van der Waals surface area (Å²) in [5.74, 6) is -3.13. The van der Waals surface area contributed by atoms with Crippen molar-refractivity contribution in [2.24, 2.45) is 0 Å². The zero-order chi connectivity index (χ0) is 21.2. The van der Waals surface area contributed by atoms with Crippen LogP contribution in [0, 0.1) is 0 Å². The molecule has 8 heteroatoms. The fourth-order valence-corrected chi connectivity index (χ4v) is 1.74. The Morgan fingerprint density at radius 1 is 0.889 bits per heavy atom. The molecule has 154 valence electrons. The largest absolute Gasteiger partial charge is 0.481 e. The molecule has 1 unspecified atom stereocenters. The first-order valence-electron chi connectivity index (χ1n) is 8.73. The number of aliphatic hydroxyl groups excluding tert-OH is 2. The molecule has 5 N–H and O–H groups in total. The summed E-state index contributed by atoms with van der Waals surface area (Å²) in [4.78, 5) is 31.0. The lowest BCUT2D eigenvalue weighted by Crippen LogP contribution is -2.06. The maximum atomic E-state index is 10.5. The Labute approximate surface area is 159 Å². The number of aliphatic hydroxyl groups is 2. The molecule has 0 radical (unpaired) electrons. The topological polar surface area (TPSA) is 152 Å². The minimum absolute atomic E-state index is 0.139. The van der Waals surface area contributed by atoms with Gasteiger partial charge in [0.1, 0.15) is 0 Å². The Kier molecular flexibility index (Phi) is 16.8. The number of carboxylic acid groups (broad SMARTS) is 3. The molecule has 0 aliphatic heterocycles. The van der Waals surface area contributed by atoms with Crippen LogP contribution in [0.1, 0.15) is 73.1 Å². The van der Waals surface area contributed by atoms with Crippen molar-refractivity contribution in [2.75, 3.05) is 6.61 Å². The van der Waals surface area contributed by atoms with Gasteiger partial charge in [-0.25, -0.2) is 9.59 Å². The second-order valence-electron chi connectivity index (χ2n) is 5.75. The molecule has 0 aliphatic rings. The highest BCUT2D eigenvalue weighted by molar-refractivity contribution is 6.01. The van der Waals surface area contributed by atoms with Crippen LogP contribution < -0.4 is 0 Å². The molecular formula is C19H30O8. The summed E-state index contributed by atoms with van der Waals surface area (Å²) < 4.78 is 0. The van der Waals surface area contributed by atoms with Crippen LogP contribution in [0.25, 0.3) is 0 Å². The number of benzene rings is 1. The van der Waals surface area contributed by atoms with Gasteiger partial charge < -0.3 is 25.5 Å². The number of hydrogen-bond acceptors (Lipinski definition) is 5. The van der Waals surface area contributed by atoms with Crippen molar-refractivity contribution in [1.82, 2.24) is 0 Å². The molecule has 0 spiro atoms. The summed E-state index contributed by atoms with van der Waals surface area (Å²) in [7, 11) is 0. The van der Waals surface area contributed by atoms with E-state index in [1.807, 2.05) is 0 Å². The lowest BCUT2D eigenvalue weighted by Gasteiger charge is -1.98. The van der Waals surface area contributed by atoms with E-state index in [1.165, 1.54) is 50.5 Å². The van der Waals surface area contributed by atoms with Gasteiger partial charge in [0.25, 0.3) is 0 Å². The third kappa shape index (κ3) is 16.8. The van der Waals surface area contributed by atoms with Crippen LogP contribution in [0.4, 0.5) is 0 Å². The average molecular weight is 386 g/mol. The lowest BCUT2D eigenvalue weighted by molar-refractivity contribution is -0.137. The first-order chi connectivity index (χ1) is 12.7. The quantitative estimate of drug-likeness (QED) is 0.406. The molecule has 0 aromatic heterocycles. The summed E-state index contributed by atoms with van der Waals surface area (Å²) >= 11 is 0. The molecule has 27 heavy (non-hydrogen) atoms. The molecule has 0 amide bonds. The fourth-order valence-electron chi connectivity index (χ4n) is 1.74. The Bertz CT molecular complexity index is 521. The van der Waals surface area contributed by atoms with E-state index in [2.05, 4.69) is 6.92 Å². The van der Waals surface area contributed by atoms with Crippen LogP contribution in [-0.2, 0) is 4.79 Å². The molecular weight excluding hydrogens is 356 g/mol. The zero-order valence-corrected chi connectivity index (χ0v) is 15.8. The van der Waals surface area contributed by atoms with Gasteiger partial charge in [0.2, 0.25) is 0 Å². The van der Waals surface area contributed by atoms with Crippen molar-refractivity contribution in [2.45, 2.75) is 58.5 Å². The highest BCUT2D eigenvalue weighted by Crippen LogP contribution is 2.08. The SMILES string of the molecule is CC(O)CO.CCCCCCCC(=O)O.O=C(O)c1ccccc1C(=O)O. The van der Waals surface area contributed by atoms with Gasteiger partial charge in [-0.05, 0) is 25.5 Å². The van der Waals surface area contributed by atoms with E-state index >= 15 is 0 Å². The van der Waals surface area contributed by atoms with Gasteiger partial charge in [0.15, 0.2) is 0 Å². The first-order valence-corrected chi connectivity index (χ1v) is 8.73. The summed E-state index contributed by atoms with van der Waals surface area (Å²) in [6.07, 6.45) is 5.32. The van der Waals surface area contributed by atoms with E-state index < -0.39 is 24.0 Å². The van der Waals surface area contributed by atoms with Crippen LogP contribution in [0.2, 0.25) is 0 Å². The monoisotopic (exact) mass is 386 g/mol. The third-order valence-corrected chi connectivity index (χ3v) is 3.15. The second-order valence-corrected chi connectivity index (χ2v) is 5.75. The molecule has 1 aromatic rings. The fraction of sp³-hybridized carbons (Fsp3) is 0.526. The van der Waals surface area contributed by atoms with Crippen molar-refractivity contribution in [3.8, 4) is 0 Å². The summed E-state index contributed by atoms with van der Waals surface area (Å²) in [5, 5.41) is 41.4. The molecule has 0 heterocycles. The molecule has 0 fully saturated rings. The summed E-state index contributed by atoms with van der Waals surface area (Å²) in [5.41, 5.74) is -0.380. The number of unbranched alkanes of at least 4 members (excludes halogenated alkanes) is 4. The van der Waals surface area contributed by atoms with E-state index in [-0.39, 0.29) is 17.7 Å². The van der Waals surface area contributed by atoms with E-state index in [0.29, 0.717) is 6.42 Å². The van der Waals surface area contributed by atoms with Crippen LogP contribution in [0.5, 0.6) is 0 Å². The minimum atomic E-state index is -1.23. The van der Waals surface area contributed by atoms with Crippen molar-refractivity contribution in [1.29, 1.82) is 0 Å². The van der Waals surface area contributed by atoms with Gasteiger partial charge in [0, 0.05) is 6.42 Å². The van der Waals surface area contributed by atoms with E-state index in [0.717, 1.165) is 12.8 Å². The van der Waals surface area contributed by atoms with Gasteiger partial charge in [-0.2, -0.15) is 0 Å². The van der Waals surface area contributed by atoms with Gasteiger partial charge in [-0.15, -0.1) is 0 Å².